The first kappa shape index (κ1) is 11.2. The molecular formula is C12H13NO2. The summed E-state index contributed by atoms with van der Waals surface area (Å²) in [6.45, 7) is 3.94. The number of fused-ring (bicyclic) bond motifs is 1. The van der Waals surface area contributed by atoms with Gasteiger partial charge in [0.1, 0.15) is 5.58 Å². The largest absolute Gasteiger partial charge is 0.423 e. The molecule has 1 aromatic carbocycles. The molecule has 0 unspecified atom stereocenters. The molecule has 2 rings (SSSR count). The Labute approximate surface area is 87.8 Å². The van der Waals surface area contributed by atoms with Crippen LogP contribution in [0.2, 0.25) is 0 Å². The fraction of sp³-hybridized carbons (Fsp3) is 0.0833. The molecule has 0 saturated heterocycles. The molecular weight excluding hydrogens is 190 g/mol. The minimum Gasteiger partial charge on any atom is -0.423 e. The van der Waals surface area contributed by atoms with Gasteiger partial charge >= 0.3 is 5.63 Å². The minimum atomic E-state index is -0.302. The van der Waals surface area contributed by atoms with Crippen LogP contribution in [0.4, 0.5) is 0 Å². The van der Waals surface area contributed by atoms with Gasteiger partial charge in [0.25, 0.3) is 0 Å². The van der Waals surface area contributed by atoms with Crippen LogP contribution in [0.1, 0.15) is 0 Å². The van der Waals surface area contributed by atoms with E-state index in [0.717, 1.165) is 5.39 Å². The van der Waals surface area contributed by atoms with Gasteiger partial charge in [-0.05, 0) is 12.1 Å². The Kier molecular flexibility index (Phi) is 4.31. The number of para-hydroxylation sites is 1. The Hall–Kier alpha value is -1.87. The number of hydrogen-bond acceptors (Lipinski definition) is 3. The summed E-state index contributed by atoms with van der Waals surface area (Å²) < 4.78 is 4.91. The summed E-state index contributed by atoms with van der Waals surface area (Å²) in [5.41, 5.74) is 5.25. The maximum absolute atomic E-state index is 10.7. The van der Waals surface area contributed by atoms with Crippen molar-refractivity contribution in [2.45, 2.75) is 0 Å². The third-order valence-electron chi connectivity index (χ3n) is 1.70. The molecule has 0 spiro atoms. The molecule has 1 aromatic heterocycles. The predicted octanol–water partition coefficient (Wildman–Crippen LogP) is 1.92. The first-order chi connectivity index (χ1) is 7.27. The van der Waals surface area contributed by atoms with E-state index in [1.807, 2.05) is 18.2 Å². The average Bonchev–Trinajstić information content (AvgIpc) is 2.29. The highest BCUT2D eigenvalue weighted by molar-refractivity contribution is 5.75. The van der Waals surface area contributed by atoms with Crippen molar-refractivity contribution in [1.82, 2.24) is 0 Å². The SMILES string of the molecule is C=CCN.O=c1ccc2ccccc2o1. The van der Waals surface area contributed by atoms with Crippen LogP contribution < -0.4 is 11.4 Å². The summed E-state index contributed by atoms with van der Waals surface area (Å²) in [6, 6.07) is 10.6. The van der Waals surface area contributed by atoms with Gasteiger partial charge in [0.2, 0.25) is 0 Å². The molecule has 0 amide bonds. The normalized spacial score (nSPS) is 9.13. The van der Waals surface area contributed by atoms with Crippen molar-refractivity contribution in [3.05, 3.63) is 59.5 Å². The average molecular weight is 203 g/mol. The highest BCUT2D eigenvalue weighted by atomic mass is 16.4. The van der Waals surface area contributed by atoms with Crippen molar-refractivity contribution in [2.24, 2.45) is 5.73 Å². The number of rotatable bonds is 1. The molecule has 0 atom stereocenters. The van der Waals surface area contributed by atoms with Crippen LogP contribution >= 0.6 is 0 Å². The van der Waals surface area contributed by atoms with Crippen LogP contribution in [-0.2, 0) is 0 Å². The Bertz CT molecular complexity index is 488. The summed E-state index contributed by atoms with van der Waals surface area (Å²) in [5, 5.41) is 0.951. The Morgan fingerprint density at radius 2 is 1.93 bits per heavy atom. The third-order valence-corrected chi connectivity index (χ3v) is 1.70. The van der Waals surface area contributed by atoms with E-state index in [0.29, 0.717) is 12.1 Å². The molecule has 0 aliphatic rings. The van der Waals surface area contributed by atoms with Crippen molar-refractivity contribution in [1.29, 1.82) is 0 Å². The fourth-order valence-corrected chi connectivity index (χ4v) is 1.01. The molecule has 0 fully saturated rings. The second kappa shape index (κ2) is 5.78. The van der Waals surface area contributed by atoms with Gasteiger partial charge in [0, 0.05) is 18.0 Å². The zero-order valence-electron chi connectivity index (χ0n) is 8.35. The maximum Gasteiger partial charge on any atom is 0.336 e. The molecule has 0 aliphatic heterocycles. The third kappa shape index (κ3) is 3.40. The molecule has 78 valence electrons. The van der Waals surface area contributed by atoms with Crippen LogP contribution in [0.3, 0.4) is 0 Å². The van der Waals surface area contributed by atoms with E-state index in [2.05, 4.69) is 6.58 Å². The van der Waals surface area contributed by atoms with Gasteiger partial charge in [0.05, 0.1) is 0 Å². The number of nitrogens with two attached hydrogens (primary N) is 1. The van der Waals surface area contributed by atoms with Crippen molar-refractivity contribution >= 4 is 11.0 Å². The summed E-state index contributed by atoms with van der Waals surface area (Å²) >= 11 is 0. The Morgan fingerprint density at radius 3 is 2.60 bits per heavy atom. The molecule has 2 aromatic rings. The standard InChI is InChI=1S/C9H6O2.C3H7N/c10-9-6-5-7-3-1-2-4-8(7)11-9;1-2-3-4/h1-6H;2H,1,3-4H2. The number of hydrogen-bond donors (Lipinski definition) is 1. The lowest BCUT2D eigenvalue weighted by atomic mass is 10.2. The lowest BCUT2D eigenvalue weighted by Crippen LogP contribution is -1.93. The molecule has 0 radical (unpaired) electrons. The van der Waals surface area contributed by atoms with Crippen molar-refractivity contribution in [2.75, 3.05) is 6.54 Å². The molecule has 15 heavy (non-hydrogen) atoms. The van der Waals surface area contributed by atoms with Gasteiger partial charge in [-0.1, -0.05) is 24.3 Å². The minimum absolute atomic E-state index is 0.302. The van der Waals surface area contributed by atoms with E-state index in [9.17, 15) is 4.79 Å². The van der Waals surface area contributed by atoms with E-state index < -0.39 is 0 Å². The second-order valence-corrected chi connectivity index (χ2v) is 2.82. The first-order valence-corrected chi connectivity index (χ1v) is 4.58. The van der Waals surface area contributed by atoms with Gasteiger partial charge in [-0.15, -0.1) is 6.58 Å². The zero-order valence-corrected chi connectivity index (χ0v) is 8.35. The summed E-state index contributed by atoms with van der Waals surface area (Å²) in [4.78, 5) is 10.7. The first-order valence-electron chi connectivity index (χ1n) is 4.58. The van der Waals surface area contributed by atoms with Crippen molar-refractivity contribution in [3.8, 4) is 0 Å². The molecule has 3 nitrogen and oxygen atoms in total. The van der Waals surface area contributed by atoms with E-state index in [1.165, 1.54) is 6.07 Å². The molecule has 1 heterocycles. The Balaban J connectivity index is 0.000000245. The van der Waals surface area contributed by atoms with Gasteiger partial charge in [-0.2, -0.15) is 0 Å². The van der Waals surface area contributed by atoms with Crippen LogP contribution in [0.25, 0.3) is 11.0 Å². The lowest BCUT2D eigenvalue weighted by Gasteiger charge is -1.91. The fourth-order valence-electron chi connectivity index (χ4n) is 1.01. The quantitative estimate of drug-likeness (QED) is 0.569. The monoisotopic (exact) mass is 203 g/mol. The topological polar surface area (TPSA) is 56.2 Å². The van der Waals surface area contributed by atoms with Gasteiger partial charge in [0.15, 0.2) is 0 Å². The maximum atomic E-state index is 10.7. The van der Waals surface area contributed by atoms with Gasteiger partial charge in [-0.25, -0.2) is 4.79 Å². The smallest absolute Gasteiger partial charge is 0.336 e. The van der Waals surface area contributed by atoms with Crippen LogP contribution in [-0.4, -0.2) is 6.54 Å². The van der Waals surface area contributed by atoms with E-state index >= 15 is 0 Å². The Morgan fingerprint density at radius 1 is 1.27 bits per heavy atom. The van der Waals surface area contributed by atoms with Crippen LogP contribution in [0.5, 0.6) is 0 Å². The van der Waals surface area contributed by atoms with E-state index in [-0.39, 0.29) is 5.63 Å². The number of benzene rings is 1. The van der Waals surface area contributed by atoms with Crippen molar-refractivity contribution < 1.29 is 4.42 Å². The zero-order chi connectivity index (χ0) is 11.1. The lowest BCUT2D eigenvalue weighted by molar-refractivity contribution is 0.561. The highest BCUT2D eigenvalue weighted by Crippen LogP contribution is 2.08. The highest BCUT2D eigenvalue weighted by Gasteiger charge is 1.92. The van der Waals surface area contributed by atoms with E-state index in [4.69, 9.17) is 10.2 Å². The summed E-state index contributed by atoms with van der Waals surface area (Å²) in [5.74, 6) is 0. The summed E-state index contributed by atoms with van der Waals surface area (Å²) in [7, 11) is 0. The molecule has 3 heteroatoms. The summed E-state index contributed by atoms with van der Waals surface area (Å²) in [6.07, 6.45) is 1.65. The second-order valence-electron chi connectivity index (χ2n) is 2.82. The molecule has 0 saturated carbocycles. The van der Waals surface area contributed by atoms with Gasteiger partial charge < -0.3 is 10.2 Å². The molecule has 0 aliphatic carbocycles. The van der Waals surface area contributed by atoms with Gasteiger partial charge in [-0.3, -0.25) is 0 Å². The van der Waals surface area contributed by atoms with Crippen LogP contribution in [0, 0.1) is 0 Å². The molecule has 2 N–H and O–H groups in total. The van der Waals surface area contributed by atoms with Crippen LogP contribution in [0.15, 0.2) is 58.3 Å². The predicted molar refractivity (Wildman–Crippen MR) is 61.7 cm³/mol. The van der Waals surface area contributed by atoms with Crippen molar-refractivity contribution in [3.63, 3.8) is 0 Å². The molecule has 0 bridgehead atoms. The van der Waals surface area contributed by atoms with E-state index in [1.54, 1.807) is 18.2 Å².